The second-order valence-corrected chi connectivity index (χ2v) is 8.34. The zero-order valence-electron chi connectivity index (χ0n) is 19.1. The maximum Gasteiger partial charge on any atom is 0.270 e. The maximum absolute atomic E-state index is 12.8. The van der Waals surface area contributed by atoms with Gasteiger partial charge in [-0.25, -0.2) is 4.98 Å². The van der Waals surface area contributed by atoms with Gasteiger partial charge in [-0.3, -0.25) is 9.59 Å². The summed E-state index contributed by atoms with van der Waals surface area (Å²) in [5, 5.41) is 17.2. The molecule has 1 amide bonds. The number of anilines is 1. The minimum absolute atomic E-state index is 0.000541. The van der Waals surface area contributed by atoms with E-state index < -0.39 is 0 Å². The Balaban J connectivity index is 1.63. The van der Waals surface area contributed by atoms with E-state index in [2.05, 4.69) is 22.2 Å². The summed E-state index contributed by atoms with van der Waals surface area (Å²) in [6.07, 6.45) is 2.36. The van der Waals surface area contributed by atoms with E-state index in [-0.39, 0.29) is 17.7 Å². The number of hydrogen-bond acceptors (Lipinski definition) is 6. The first-order valence-corrected chi connectivity index (χ1v) is 11.2. The predicted octanol–water partition coefficient (Wildman–Crippen LogP) is 4.64. The van der Waals surface area contributed by atoms with Crippen LogP contribution in [0.3, 0.4) is 0 Å². The molecule has 1 saturated carbocycles. The van der Waals surface area contributed by atoms with E-state index in [0.717, 1.165) is 22.0 Å². The summed E-state index contributed by atoms with van der Waals surface area (Å²) in [4.78, 5) is 28.8. The zero-order valence-corrected chi connectivity index (χ0v) is 19.1. The van der Waals surface area contributed by atoms with Crippen LogP contribution in [0.1, 0.15) is 36.2 Å². The fourth-order valence-corrected chi connectivity index (χ4v) is 4.11. The molecule has 0 atom stereocenters. The highest BCUT2D eigenvalue weighted by Crippen LogP contribution is 2.35. The van der Waals surface area contributed by atoms with Crippen molar-refractivity contribution in [3.63, 3.8) is 0 Å². The smallest absolute Gasteiger partial charge is 0.270 e. The van der Waals surface area contributed by atoms with E-state index in [1.54, 1.807) is 13.2 Å². The average Bonchev–Trinajstić information content (AvgIpc) is 2.87. The molecule has 7 heteroatoms. The highest BCUT2D eigenvalue weighted by atomic mass is 16.5. The van der Waals surface area contributed by atoms with E-state index in [0.29, 0.717) is 54.9 Å². The van der Waals surface area contributed by atoms with Gasteiger partial charge in [0, 0.05) is 42.0 Å². The molecule has 1 aromatic heterocycles. The molecule has 0 aliphatic heterocycles. The third kappa shape index (κ3) is 5.07. The number of nitrogens with one attached hydrogen (secondary N) is 2. The number of amides is 1. The normalized spacial score (nSPS) is 13.8. The number of fused-ring (bicyclic) bond motifs is 1. The van der Waals surface area contributed by atoms with Gasteiger partial charge in [0.2, 0.25) is 0 Å². The lowest BCUT2D eigenvalue weighted by atomic mass is 9.94. The Bertz CT molecular complexity index is 1300. The van der Waals surface area contributed by atoms with Crippen LogP contribution in [-0.4, -0.2) is 36.4 Å². The zero-order chi connectivity index (χ0) is 24.1. The molecule has 2 aromatic carbocycles. The molecule has 0 saturated heterocycles. The fourth-order valence-electron chi connectivity index (χ4n) is 4.11. The number of rotatable bonds is 7. The summed E-state index contributed by atoms with van der Waals surface area (Å²) in [6, 6.07) is 17.2. The van der Waals surface area contributed by atoms with Crippen LogP contribution >= 0.6 is 0 Å². The third-order valence-electron chi connectivity index (χ3n) is 6.00. The van der Waals surface area contributed by atoms with Crippen LogP contribution in [0.15, 0.2) is 60.7 Å². The minimum atomic E-state index is -0.235. The van der Waals surface area contributed by atoms with Crippen LogP contribution in [-0.2, 0) is 4.79 Å². The van der Waals surface area contributed by atoms with Gasteiger partial charge in [0.25, 0.3) is 5.91 Å². The quantitative estimate of drug-likeness (QED) is 0.504. The molecule has 4 rings (SSSR count). The molecule has 2 N–H and O–H groups in total. The number of carbonyl (C=O) groups excluding carboxylic acids is 2. The molecule has 0 bridgehead atoms. The summed E-state index contributed by atoms with van der Waals surface area (Å²) >= 11 is 0. The number of ketones is 1. The molecule has 0 unspecified atom stereocenters. The number of benzene rings is 2. The lowest BCUT2D eigenvalue weighted by molar-refractivity contribution is -0.120. The first kappa shape index (κ1) is 23.0. The number of Topliss-reactive ketones (excluding diaryl/α,β-unsaturated/α-hetero) is 1. The number of ether oxygens (including phenoxy) is 1. The van der Waals surface area contributed by atoms with E-state index >= 15 is 0 Å². The van der Waals surface area contributed by atoms with Crippen molar-refractivity contribution in [2.75, 3.05) is 19.0 Å². The van der Waals surface area contributed by atoms with E-state index in [4.69, 9.17) is 10.00 Å². The van der Waals surface area contributed by atoms with Gasteiger partial charge in [-0.05, 0) is 42.5 Å². The van der Waals surface area contributed by atoms with Crippen molar-refractivity contribution in [1.82, 2.24) is 10.3 Å². The van der Waals surface area contributed by atoms with Crippen LogP contribution in [0.2, 0.25) is 0 Å². The van der Waals surface area contributed by atoms with Crippen LogP contribution < -0.4 is 15.4 Å². The van der Waals surface area contributed by atoms with Gasteiger partial charge in [-0.1, -0.05) is 30.8 Å². The molecular formula is C27H26N4O3. The van der Waals surface area contributed by atoms with E-state index in [9.17, 15) is 9.59 Å². The summed E-state index contributed by atoms with van der Waals surface area (Å²) in [5.74, 6) is 0.674. The standard InChI is InChI=1S/C27H26N4O3/c1-17(15-28)16-29-26-22-14-19(7-6-18(22)8-13-25(26)34-2)23-4-3-5-24(31-23)27(33)30-20-9-11-21(32)12-10-20/h3-8,13-14,20,29H,1,9-12,16H2,2H3,(H,30,33). The van der Waals surface area contributed by atoms with Gasteiger partial charge in [-0.15, -0.1) is 0 Å². The Morgan fingerprint density at radius 2 is 1.97 bits per heavy atom. The summed E-state index contributed by atoms with van der Waals surface area (Å²) < 4.78 is 5.53. The fraction of sp³-hybridized carbons (Fsp3) is 0.259. The number of pyridine rings is 1. The number of nitrogens with zero attached hydrogens (tertiary/aromatic N) is 2. The average molecular weight is 455 g/mol. The lowest BCUT2D eigenvalue weighted by Gasteiger charge is -2.22. The number of carbonyl (C=O) groups is 2. The molecule has 7 nitrogen and oxygen atoms in total. The predicted molar refractivity (Wildman–Crippen MR) is 132 cm³/mol. The summed E-state index contributed by atoms with van der Waals surface area (Å²) in [6.45, 7) is 4.03. The molecule has 172 valence electrons. The van der Waals surface area contributed by atoms with E-state index in [1.165, 1.54) is 0 Å². The van der Waals surface area contributed by atoms with Gasteiger partial charge in [0.15, 0.2) is 0 Å². The molecule has 1 fully saturated rings. The van der Waals surface area contributed by atoms with Crippen molar-refractivity contribution in [1.29, 1.82) is 5.26 Å². The Morgan fingerprint density at radius 1 is 1.21 bits per heavy atom. The van der Waals surface area contributed by atoms with Crippen LogP contribution in [0, 0.1) is 11.3 Å². The maximum atomic E-state index is 12.8. The summed E-state index contributed by atoms with van der Waals surface area (Å²) in [7, 11) is 1.60. The van der Waals surface area contributed by atoms with Crippen LogP contribution in [0.25, 0.3) is 22.0 Å². The van der Waals surface area contributed by atoms with Crippen LogP contribution in [0.5, 0.6) is 5.75 Å². The first-order chi connectivity index (χ1) is 16.5. The topological polar surface area (TPSA) is 104 Å². The highest BCUT2D eigenvalue weighted by Gasteiger charge is 2.21. The Morgan fingerprint density at radius 3 is 2.71 bits per heavy atom. The molecule has 3 aromatic rings. The number of methoxy groups -OCH3 is 1. The molecular weight excluding hydrogens is 428 g/mol. The van der Waals surface area contributed by atoms with Crippen LogP contribution in [0.4, 0.5) is 5.69 Å². The van der Waals surface area contributed by atoms with Gasteiger partial charge in [0.1, 0.15) is 17.2 Å². The molecule has 0 spiro atoms. The van der Waals surface area contributed by atoms with Crippen molar-refractivity contribution >= 4 is 28.2 Å². The molecule has 1 aliphatic rings. The number of aromatic nitrogens is 1. The van der Waals surface area contributed by atoms with Gasteiger partial charge >= 0.3 is 0 Å². The van der Waals surface area contributed by atoms with Gasteiger partial charge in [0.05, 0.1) is 24.6 Å². The lowest BCUT2D eigenvalue weighted by Crippen LogP contribution is -2.38. The first-order valence-electron chi connectivity index (χ1n) is 11.2. The Labute approximate surface area is 198 Å². The Hall–Kier alpha value is -4.18. The largest absolute Gasteiger partial charge is 0.495 e. The summed E-state index contributed by atoms with van der Waals surface area (Å²) in [5.41, 5.74) is 3.03. The van der Waals surface area contributed by atoms with Crippen molar-refractivity contribution in [3.05, 3.63) is 66.4 Å². The molecule has 0 radical (unpaired) electrons. The minimum Gasteiger partial charge on any atom is -0.495 e. The second-order valence-electron chi connectivity index (χ2n) is 8.34. The highest BCUT2D eigenvalue weighted by molar-refractivity contribution is 5.99. The van der Waals surface area contributed by atoms with Crippen molar-refractivity contribution in [3.8, 4) is 23.1 Å². The molecule has 1 aliphatic carbocycles. The molecule has 1 heterocycles. The SMILES string of the molecule is C=C(C#N)CNc1c(OC)ccc2ccc(-c3cccc(C(=O)NC4CCC(=O)CC4)n3)cc12. The van der Waals surface area contributed by atoms with Crippen molar-refractivity contribution in [2.45, 2.75) is 31.7 Å². The monoisotopic (exact) mass is 454 g/mol. The number of hydrogen-bond donors (Lipinski definition) is 2. The number of nitriles is 1. The van der Waals surface area contributed by atoms with Crippen molar-refractivity contribution < 1.29 is 14.3 Å². The second kappa shape index (κ2) is 10.2. The molecule has 34 heavy (non-hydrogen) atoms. The van der Waals surface area contributed by atoms with E-state index in [1.807, 2.05) is 48.5 Å². The van der Waals surface area contributed by atoms with Crippen molar-refractivity contribution in [2.24, 2.45) is 0 Å². The Kier molecular flexibility index (Phi) is 6.88. The van der Waals surface area contributed by atoms with Gasteiger partial charge < -0.3 is 15.4 Å². The third-order valence-corrected chi connectivity index (χ3v) is 6.00. The van der Waals surface area contributed by atoms with Gasteiger partial charge in [-0.2, -0.15) is 5.26 Å².